The molecule has 0 spiro atoms. The molecule has 1 heterocycles. The summed E-state index contributed by atoms with van der Waals surface area (Å²) in [6.45, 7) is 8.02. The Morgan fingerprint density at radius 2 is 1.36 bits per heavy atom. The molecule has 0 aliphatic heterocycles. The molecule has 4 rings (SSSR count). The molecule has 0 aliphatic carbocycles. The second kappa shape index (κ2) is 6.55. The van der Waals surface area contributed by atoms with Crippen LogP contribution in [0.5, 0.6) is 11.5 Å². The van der Waals surface area contributed by atoms with Gasteiger partial charge in [-0.2, -0.15) is 0 Å². The van der Waals surface area contributed by atoms with Crippen molar-refractivity contribution in [1.82, 2.24) is 4.98 Å². The summed E-state index contributed by atoms with van der Waals surface area (Å²) in [6.07, 6.45) is 0. The molecule has 3 aromatic carbocycles. The number of halogens is 1. The molecule has 0 atom stereocenters. The van der Waals surface area contributed by atoms with E-state index in [0.717, 1.165) is 61.1 Å². The zero-order valence-corrected chi connectivity index (χ0v) is 17.1. The Hall–Kier alpha value is -3.01. The van der Waals surface area contributed by atoms with E-state index >= 15 is 4.39 Å². The SMILES string of the molecule is COc1c(C)cc(-c2cc3c(cc2F)[nH]c2c(C)c(OC)c(C)cc23)cc1C. The molecule has 0 saturated carbocycles. The zero-order valence-electron chi connectivity index (χ0n) is 17.1. The van der Waals surface area contributed by atoms with Gasteiger partial charge >= 0.3 is 0 Å². The number of hydrogen-bond acceptors (Lipinski definition) is 2. The number of rotatable bonds is 3. The number of H-pyrrole nitrogens is 1. The highest BCUT2D eigenvalue weighted by atomic mass is 19.1. The molecule has 0 bridgehead atoms. The van der Waals surface area contributed by atoms with E-state index in [1.165, 1.54) is 0 Å². The molecule has 4 aromatic rings. The summed E-state index contributed by atoms with van der Waals surface area (Å²) in [5, 5.41) is 2.08. The van der Waals surface area contributed by atoms with Crippen LogP contribution < -0.4 is 9.47 Å². The third kappa shape index (κ3) is 2.63. The average Bonchev–Trinajstić information content (AvgIpc) is 2.98. The first kappa shape index (κ1) is 18.4. The quantitative estimate of drug-likeness (QED) is 0.450. The van der Waals surface area contributed by atoms with Crippen LogP contribution in [0.4, 0.5) is 4.39 Å². The maximum Gasteiger partial charge on any atom is 0.133 e. The molecular formula is C24H24FNO2. The lowest BCUT2D eigenvalue weighted by Crippen LogP contribution is -1.93. The fourth-order valence-corrected chi connectivity index (χ4v) is 4.34. The van der Waals surface area contributed by atoms with E-state index in [2.05, 4.69) is 11.1 Å². The number of hydrogen-bond donors (Lipinski definition) is 1. The van der Waals surface area contributed by atoms with Crippen molar-refractivity contribution < 1.29 is 13.9 Å². The lowest BCUT2D eigenvalue weighted by Gasteiger charge is -2.12. The molecule has 144 valence electrons. The molecule has 0 saturated heterocycles. The summed E-state index contributed by atoms with van der Waals surface area (Å²) < 4.78 is 26.0. The van der Waals surface area contributed by atoms with Crippen LogP contribution in [0.15, 0.2) is 30.3 Å². The summed E-state index contributed by atoms with van der Waals surface area (Å²) in [7, 11) is 3.34. The van der Waals surface area contributed by atoms with Crippen molar-refractivity contribution in [1.29, 1.82) is 0 Å². The Kier molecular flexibility index (Phi) is 4.30. The number of nitrogens with one attached hydrogen (secondary N) is 1. The summed E-state index contributed by atoms with van der Waals surface area (Å²) in [6, 6.07) is 9.58. The average molecular weight is 377 g/mol. The molecule has 1 N–H and O–H groups in total. The Balaban J connectivity index is 2.02. The van der Waals surface area contributed by atoms with Gasteiger partial charge in [0.25, 0.3) is 0 Å². The van der Waals surface area contributed by atoms with Gasteiger partial charge in [-0.05, 0) is 80.3 Å². The maximum atomic E-state index is 15.0. The Labute approximate surface area is 164 Å². The number of aromatic amines is 1. The highest BCUT2D eigenvalue weighted by Gasteiger charge is 2.17. The monoisotopic (exact) mass is 377 g/mol. The first-order chi connectivity index (χ1) is 13.3. The normalized spacial score (nSPS) is 11.4. The predicted molar refractivity (Wildman–Crippen MR) is 113 cm³/mol. The number of aryl methyl sites for hydroxylation is 4. The number of methoxy groups -OCH3 is 2. The standard InChI is InChI=1S/C24H24FNO2/c1-12-7-16(8-13(2)23(12)27-5)17-10-18-19-9-14(3)24(28-6)15(4)22(19)26-21(18)11-20(17)25/h7-11,26H,1-6H3. The van der Waals surface area contributed by atoms with Crippen LogP contribution in [-0.2, 0) is 0 Å². The number of aromatic nitrogens is 1. The Bertz CT molecular complexity index is 1210. The Morgan fingerprint density at radius 1 is 0.750 bits per heavy atom. The van der Waals surface area contributed by atoms with Crippen LogP contribution in [0.1, 0.15) is 22.3 Å². The largest absolute Gasteiger partial charge is 0.496 e. The van der Waals surface area contributed by atoms with Gasteiger partial charge < -0.3 is 14.5 Å². The Morgan fingerprint density at radius 3 is 1.96 bits per heavy atom. The van der Waals surface area contributed by atoms with E-state index in [1.807, 2.05) is 45.9 Å². The van der Waals surface area contributed by atoms with Crippen molar-refractivity contribution in [2.45, 2.75) is 27.7 Å². The van der Waals surface area contributed by atoms with Crippen LogP contribution in [0.3, 0.4) is 0 Å². The first-order valence-electron chi connectivity index (χ1n) is 9.30. The molecular weight excluding hydrogens is 353 g/mol. The van der Waals surface area contributed by atoms with Gasteiger partial charge in [-0.25, -0.2) is 4.39 Å². The molecule has 0 aliphatic rings. The van der Waals surface area contributed by atoms with Gasteiger partial charge in [0.1, 0.15) is 17.3 Å². The van der Waals surface area contributed by atoms with Crippen molar-refractivity contribution in [3.63, 3.8) is 0 Å². The van der Waals surface area contributed by atoms with E-state index in [-0.39, 0.29) is 5.82 Å². The van der Waals surface area contributed by atoms with Crippen LogP contribution in [-0.4, -0.2) is 19.2 Å². The molecule has 28 heavy (non-hydrogen) atoms. The fraction of sp³-hybridized carbons (Fsp3) is 0.250. The minimum Gasteiger partial charge on any atom is -0.496 e. The first-order valence-corrected chi connectivity index (χ1v) is 9.30. The summed E-state index contributed by atoms with van der Waals surface area (Å²) in [5.41, 5.74) is 7.30. The highest BCUT2D eigenvalue weighted by Crippen LogP contribution is 2.38. The van der Waals surface area contributed by atoms with Gasteiger partial charge in [-0.15, -0.1) is 0 Å². The molecule has 1 aromatic heterocycles. The lowest BCUT2D eigenvalue weighted by atomic mass is 9.97. The molecule has 0 unspecified atom stereocenters. The molecule has 4 heteroatoms. The molecule has 0 fully saturated rings. The van der Waals surface area contributed by atoms with E-state index in [1.54, 1.807) is 20.3 Å². The third-order valence-electron chi connectivity index (χ3n) is 5.54. The van der Waals surface area contributed by atoms with Gasteiger partial charge in [-0.3, -0.25) is 0 Å². The lowest BCUT2D eigenvalue weighted by molar-refractivity contribution is 0.408. The van der Waals surface area contributed by atoms with Gasteiger partial charge in [0.15, 0.2) is 0 Å². The van der Waals surface area contributed by atoms with Crippen molar-refractivity contribution in [2.75, 3.05) is 14.2 Å². The summed E-state index contributed by atoms with van der Waals surface area (Å²) >= 11 is 0. The van der Waals surface area contributed by atoms with Crippen LogP contribution in [0, 0.1) is 33.5 Å². The third-order valence-corrected chi connectivity index (χ3v) is 5.54. The van der Waals surface area contributed by atoms with Gasteiger partial charge in [-0.1, -0.05) is 0 Å². The second-order valence-electron chi connectivity index (χ2n) is 7.42. The van der Waals surface area contributed by atoms with Crippen molar-refractivity contribution in [3.05, 3.63) is 58.4 Å². The number of ether oxygens (including phenoxy) is 2. The summed E-state index contributed by atoms with van der Waals surface area (Å²) in [5.74, 6) is 1.46. The van der Waals surface area contributed by atoms with Crippen molar-refractivity contribution >= 4 is 21.8 Å². The van der Waals surface area contributed by atoms with E-state index in [9.17, 15) is 0 Å². The van der Waals surface area contributed by atoms with Gasteiger partial charge in [0, 0.05) is 27.4 Å². The highest BCUT2D eigenvalue weighted by molar-refractivity contribution is 6.10. The molecule has 0 amide bonds. The van der Waals surface area contributed by atoms with Crippen molar-refractivity contribution in [3.8, 4) is 22.6 Å². The number of fused-ring (bicyclic) bond motifs is 3. The maximum absolute atomic E-state index is 15.0. The zero-order chi connectivity index (χ0) is 20.2. The number of benzene rings is 3. The predicted octanol–water partition coefficient (Wildman–Crippen LogP) is 6.38. The van der Waals surface area contributed by atoms with E-state index in [0.29, 0.717) is 5.56 Å². The van der Waals surface area contributed by atoms with E-state index in [4.69, 9.17) is 9.47 Å². The molecule has 0 radical (unpaired) electrons. The van der Waals surface area contributed by atoms with Gasteiger partial charge in [0.05, 0.1) is 19.7 Å². The van der Waals surface area contributed by atoms with Crippen molar-refractivity contribution in [2.24, 2.45) is 0 Å². The van der Waals surface area contributed by atoms with Crippen LogP contribution >= 0.6 is 0 Å². The van der Waals surface area contributed by atoms with E-state index < -0.39 is 0 Å². The minimum atomic E-state index is -0.246. The second-order valence-corrected chi connectivity index (χ2v) is 7.42. The summed E-state index contributed by atoms with van der Waals surface area (Å²) in [4.78, 5) is 3.37. The molecule has 3 nitrogen and oxygen atoms in total. The smallest absolute Gasteiger partial charge is 0.133 e. The van der Waals surface area contributed by atoms with Crippen LogP contribution in [0.2, 0.25) is 0 Å². The van der Waals surface area contributed by atoms with Crippen LogP contribution in [0.25, 0.3) is 32.9 Å². The topological polar surface area (TPSA) is 34.2 Å². The minimum absolute atomic E-state index is 0.246. The fourth-order valence-electron chi connectivity index (χ4n) is 4.34. The van der Waals surface area contributed by atoms with Gasteiger partial charge in [0.2, 0.25) is 0 Å².